The lowest BCUT2D eigenvalue weighted by Gasteiger charge is -2.37. The minimum absolute atomic E-state index is 0.201. The summed E-state index contributed by atoms with van der Waals surface area (Å²) in [5.41, 5.74) is -0.581. The SMILES string of the molecule is CC[C@H](C)[C@H](NC(=O)[C@H](Cc1ccc(OC(C)(C)C)cc1)NC(=O)c1cc([N+](=O)[O-])ccc1F)C(=O)N[C@@H](CCC(=O)NC(c1ccccc1)(c1ccccc1)c1ccccc1)C(=O)N[C@@H](CC(=O)NC(c1ccccc1)(c1ccccc1)c1ccccc1)C(=O)N[C@@H](CO)C(=O)O. The molecule has 508 valence electrons. The predicted octanol–water partition coefficient (Wildman–Crippen LogP) is 8.70. The van der Waals surface area contributed by atoms with Gasteiger partial charge >= 0.3 is 5.97 Å². The van der Waals surface area contributed by atoms with Crippen LogP contribution in [0.25, 0.3) is 0 Å². The molecule has 6 atom stereocenters. The first-order chi connectivity index (χ1) is 47.0. The number of non-ortho nitro benzene ring substituents is 1. The molecule has 0 spiro atoms. The van der Waals surface area contributed by atoms with Crippen LogP contribution >= 0.6 is 0 Å². The molecule has 0 aliphatic carbocycles. The summed E-state index contributed by atoms with van der Waals surface area (Å²) in [5, 5.41) is 51.0. The van der Waals surface area contributed by atoms with Gasteiger partial charge in [-0.1, -0.05) is 214 Å². The standard InChI is InChI=1S/C76H79FN8O13/c1-6-49(2)67(82-71(92)62(45-50-37-40-58(41-38-50)98-74(3,4)5)79-68(89)59-46-57(85(96)97)39-42-60(59)77)72(93)78-61(43-44-65(87)83-75(51-25-13-7-14-26-51,52-27-15-8-16-28-52)53-29-17-9-18-30-53)69(90)80-63(70(91)81-64(48-86)73(94)95)47-66(88)84-76(54-31-19-10-20-32-54,55-33-21-11-22-34-55)56-35-23-12-24-36-56/h7-42,46,49,61-64,67,86H,6,43-45,47-48H2,1-5H3,(H,78,93)(H,79,89)(H,80,90)(H,81,91)(H,82,92)(H,83,87)(H,84,88)(H,94,95)/t49-,61-,62-,63-,64-,67-/m0/s1. The molecule has 0 saturated carbocycles. The number of ether oxygens (including phenoxy) is 1. The smallest absolute Gasteiger partial charge is 0.328 e. The zero-order chi connectivity index (χ0) is 70.6. The summed E-state index contributed by atoms with van der Waals surface area (Å²) in [6, 6.07) is 54.2. The predicted molar refractivity (Wildman–Crippen MR) is 365 cm³/mol. The first kappa shape index (κ1) is 72.4. The summed E-state index contributed by atoms with van der Waals surface area (Å²) >= 11 is 0. The van der Waals surface area contributed by atoms with Crippen LogP contribution in [0.4, 0.5) is 10.1 Å². The van der Waals surface area contributed by atoms with E-state index in [9.17, 15) is 39.5 Å². The van der Waals surface area contributed by atoms with Crippen LogP contribution in [-0.4, -0.2) is 105 Å². The number of hydrogen-bond acceptors (Lipinski definition) is 12. The number of aliphatic carboxylic acids is 1. The van der Waals surface area contributed by atoms with Gasteiger partial charge in [0.25, 0.3) is 11.6 Å². The van der Waals surface area contributed by atoms with E-state index >= 15 is 23.6 Å². The highest BCUT2D eigenvalue weighted by Gasteiger charge is 2.42. The molecule has 0 aromatic heterocycles. The number of nitrogens with one attached hydrogen (secondary N) is 7. The van der Waals surface area contributed by atoms with E-state index in [4.69, 9.17) is 4.74 Å². The number of aliphatic hydroxyl groups is 1. The van der Waals surface area contributed by atoms with Gasteiger partial charge in [0, 0.05) is 25.0 Å². The van der Waals surface area contributed by atoms with Crippen molar-refractivity contribution in [1.82, 2.24) is 37.2 Å². The minimum Gasteiger partial charge on any atom is -0.488 e. The number of benzene rings is 8. The van der Waals surface area contributed by atoms with E-state index < -0.39 is 148 Å². The highest BCUT2D eigenvalue weighted by molar-refractivity contribution is 6.00. The lowest BCUT2D eigenvalue weighted by molar-refractivity contribution is -0.384. The van der Waals surface area contributed by atoms with Crippen LogP contribution in [0.5, 0.6) is 5.75 Å². The highest BCUT2D eigenvalue weighted by atomic mass is 19.1. The molecule has 8 aromatic rings. The van der Waals surface area contributed by atoms with Crippen LogP contribution in [0.15, 0.2) is 224 Å². The normalized spacial score (nSPS) is 13.3. The van der Waals surface area contributed by atoms with Gasteiger partial charge in [-0.25, -0.2) is 9.18 Å². The number of carboxylic acids is 1. The van der Waals surface area contributed by atoms with Crippen molar-refractivity contribution in [3.8, 4) is 5.75 Å². The van der Waals surface area contributed by atoms with Gasteiger partial charge in [-0.2, -0.15) is 0 Å². The number of rotatable bonds is 31. The average Bonchev–Trinajstić information content (AvgIpc) is 0.762. The van der Waals surface area contributed by atoms with E-state index in [1.54, 1.807) is 129 Å². The van der Waals surface area contributed by atoms with Gasteiger partial charge < -0.3 is 52.2 Å². The van der Waals surface area contributed by atoms with Crippen molar-refractivity contribution in [3.63, 3.8) is 0 Å². The van der Waals surface area contributed by atoms with Gasteiger partial charge in [0.05, 0.1) is 23.5 Å². The number of nitrogens with zero attached hydrogens (tertiary/aromatic N) is 1. The van der Waals surface area contributed by atoms with E-state index in [-0.39, 0.29) is 12.8 Å². The first-order valence-electron chi connectivity index (χ1n) is 32.0. The molecule has 0 unspecified atom stereocenters. The molecular weight excluding hydrogens is 1250 g/mol. The summed E-state index contributed by atoms with van der Waals surface area (Å²) in [5.74, 6) is -10.2. The molecule has 98 heavy (non-hydrogen) atoms. The fourth-order valence-electron chi connectivity index (χ4n) is 11.5. The number of halogens is 1. The molecule has 0 aliphatic rings. The third-order valence-corrected chi connectivity index (χ3v) is 16.6. The van der Waals surface area contributed by atoms with Crippen molar-refractivity contribution >= 4 is 53.0 Å². The number of nitro groups is 1. The van der Waals surface area contributed by atoms with Gasteiger partial charge in [0.1, 0.15) is 58.5 Å². The summed E-state index contributed by atoms with van der Waals surface area (Å²) in [4.78, 5) is 128. The van der Waals surface area contributed by atoms with Crippen LogP contribution < -0.4 is 42.0 Å². The van der Waals surface area contributed by atoms with Crippen molar-refractivity contribution in [2.75, 3.05) is 6.61 Å². The number of carbonyl (C=O) groups is 8. The van der Waals surface area contributed by atoms with Crippen molar-refractivity contribution in [2.24, 2.45) is 5.92 Å². The summed E-state index contributed by atoms with van der Waals surface area (Å²) in [7, 11) is 0. The quantitative estimate of drug-likeness (QED) is 0.0112. The van der Waals surface area contributed by atoms with Crippen LogP contribution in [0.3, 0.4) is 0 Å². The Hall–Kier alpha value is -11.4. The fourth-order valence-corrected chi connectivity index (χ4v) is 11.5. The number of carboxylic acid groups (broad SMARTS) is 1. The Balaban J connectivity index is 1.18. The molecule has 0 bridgehead atoms. The van der Waals surface area contributed by atoms with Crippen molar-refractivity contribution < 1.29 is 62.6 Å². The van der Waals surface area contributed by atoms with Gasteiger partial charge in [0.2, 0.25) is 35.4 Å². The zero-order valence-corrected chi connectivity index (χ0v) is 54.8. The molecule has 8 rings (SSSR count). The number of carbonyl (C=O) groups excluding carboxylic acids is 7. The van der Waals surface area contributed by atoms with Gasteiger partial charge in [-0.15, -0.1) is 0 Å². The number of amides is 7. The molecule has 21 nitrogen and oxygen atoms in total. The van der Waals surface area contributed by atoms with E-state index in [0.29, 0.717) is 44.7 Å². The van der Waals surface area contributed by atoms with Gasteiger partial charge in [-0.05, 0) is 90.3 Å². The topological polar surface area (TPSA) is 314 Å². The second-order valence-corrected chi connectivity index (χ2v) is 24.6. The van der Waals surface area contributed by atoms with E-state index in [1.807, 2.05) is 112 Å². The molecule has 0 aliphatic heterocycles. The lowest BCUT2D eigenvalue weighted by atomic mass is 9.77. The molecule has 0 fully saturated rings. The van der Waals surface area contributed by atoms with E-state index in [0.717, 1.165) is 18.2 Å². The largest absolute Gasteiger partial charge is 0.488 e. The Labute approximate surface area is 567 Å². The molecule has 0 radical (unpaired) electrons. The molecule has 0 saturated heterocycles. The monoisotopic (exact) mass is 1330 g/mol. The van der Waals surface area contributed by atoms with E-state index in [1.165, 1.54) is 0 Å². The number of hydrogen-bond donors (Lipinski definition) is 9. The van der Waals surface area contributed by atoms with Gasteiger partial charge in [0.15, 0.2) is 0 Å². The van der Waals surface area contributed by atoms with Crippen LogP contribution in [0, 0.1) is 21.8 Å². The Morgan fingerprint density at radius 1 is 0.520 bits per heavy atom. The van der Waals surface area contributed by atoms with Gasteiger partial charge in [-0.3, -0.25) is 43.7 Å². The molecule has 7 amide bonds. The molecule has 0 heterocycles. The van der Waals surface area contributed by atoms with Crippen molar-refractivity contribution in [1.29, 1.82) is 0 Å². The third kappa shape index (κ3) is 18.3. The second-order valence-electron chi connectivity index (χ2n) is 24.6. The zero-order valence-electron chi connectivity index (χ0n) is 54.8. The van der Waals surface area contributed by atoms with Crippen molar-refractivity contribution in [3.05, 3.63) is 285 Å². The van der Waals surface area contributed by atoms with Crippen LogP contribution in [-0.2, 0) is 51.1 Å². The fraction of sp³-hybridized carbons (Fsp3) is 0.263. The maximum atomic E-state index is 15.5. The maximum absolute atomic E-state index is 15.5. The first-order valence-corrected chi connectivity index (χ1v) is 32.0. The minimum atomic E-state index is -1.97. The number of nitro benzene ring substituents is 1. The molecular formula is C76H79FN8O13. The molecule has 8 aromatic carbocycles. The third-order valence-electron chi connectivity index (χ3n) is 16.6. The van der Waals surface area contributed by atoms with Crippen molar-refractivity contribution in [2.45, 2.75) is 114 Å². The lowest BCUT2D eigenvalue weighted by Crippen LogP contribution is -2.61. The van der Waals surface area contributed by atoms with Crippen LogP contribution in [0.2, 0.25) is 0 Å². The summed E-state index contributed by atoms with van der Waals surface area (Å²) in [6.07, 6.45) is -2.02. The second kappa shape index (κ2) is 33.3. The number of aliphatic hydroxyl groups excluding tert-OH is 1. The molecule has 22 heteroatoms. The summed E-state index contributed by atoms with van der Waals surface area (Å²) < 4.78 is 21.4. The Kier molecular flexibility index (Phi) is 24.6. The molecule has 9 N–H and O–H groups in total. The van der Waals surface area contributed by atoms with Crippen LogP contribution in [0.1, 0.15) is 110 Å². The highest BCUT2D eigenvalue weighted by Crippen LogP contribution is 2.39. The summed E-state index contributed by atoms with van der Waals surface area (Å²) in [6.45, 7) is 7.76. The van der Waals surface area contributed by atoms with E-state index in [2.05, 4.69) is 37.2 Å². The Morgan fingerprint density at radius 2 is 0.929 bits per heavy atom. The Bertz CT molecular complexity index is 3860. The Morgan fingerprint density at radius 3 is 1.34 bits per heavy atom. The average molecular weight is 1330 g/mol. The maximum Gasteiger partial charge on any atom is 0.328 e.